The highest BCUT2D eigenvalue weighted by atomic mass is 32.1. The second-order valence-electron chi connectivity index (χ2n) is 3.99. The maximum atomic E-state index is 5.78. The molecule has 0 spiro atoms. The van der Waals surface area contributed by atoms with Crippen LogP contribution in [0.2, 0.25) is 0 Å². The summed E-state index contributed by atoms with van der Waals surface area (Å²) in [5.41, 5.74) is 7.14. The number of nitrogens with two attached hydrogens (primary N) is 1. The standard InChI is InChI=1S/C11H18N2S/c12-7-11(9-5-6-14-8-9)13-10-3-1-2-4-10/h5-6,8,10-11,13H,1-4,7,12H2. The summed E-state index contributed by atoms with van der Waals surface area (Å²) in [6, 6.07) is 3.23. The number of nitrogens with one attached hydrogen (secondary N) is 1. The molecule has 1 aliphatic rings. The van der Waals surface area contributed by atoms with Gasteiger partial charge in [-0.15, -0.1) is 0 Å². The largest absolute Gasteiger partial charge is 0.329 e. The van der Waals surface area contributed by atoms with Crippen molar-refractivity contribution in [3.8, 4) is 0 Å². The maximum absolute atomic E-state index is 5.78. The predicted octanol–water partition coefficient (Wildman–Crippen LogP) is 2.28. The van der Waals surface area contributed by atoms with Gasteiger partial charge in [0.05, 0.1) is 0 Å². The molecule has 0 aliphatic heterocycles. The van der Waals surface area contributed by atoms with Crippen LogP contribution in [0.5, 0.6) is 0 Å². The Hall–Kier alpha value is -0.380. The Morgan fingerprint density at radius 3 is 2.86 bits per heavy atom. The van der Waals surface area contributed by atoms with Gasteiger partial charge in [0.1, 0.15) is 0 Å². The minimum absolute atomic E-state index is 0.365. The van der Waals surface area contributed by atoms with E-state index in [9.17, 15) is 0 Å². The molecule has 1 aliphatic carbocycles. The Labute approximate surface area is 89.5 Å². The fourth-order valence-electron chi connectivity index (χ4n) is 2.15. The topological polar surface area (TPSA) is 38.0 Å². The Morgan fingerprint density at radius 1 is 1.50 bits per heavy atom. The first-order valence-electron chi connectivity index (χ1n) is 5.38. The van der Waals surface area contributed by atoms with Gasteiger partial charge in [-0.3, -0.25) is 0 Å². The molecule has 0 radical (unpaired) electrons. The number of thiophene rings is 1. The summed E-state index contributed by atoms with van der Waals surface area (Å²) >= 11 is 1.75. The van der Waals surface area contributed by atoms with E-state index in [1.807, 2.05) is 0 Å². The van der Waals surface area contributed by atoms with Crippen molar-refractivity contribution in [3.63, 3.8) is 0 Å². The Morgan fingerprint density at radius 2 is 2.29 bits per heavy atom. The molecule has 3 heteroatoms. The van der Waals surface area contributed by atoms with Crippen molar-refractivity contribution < 1.29 is 0 Å². The first-order valence-corrected chi connectivity index (χ1v) is 6.32. The van der Waals surface area contributed by atoms with E-state index < -0.39 is 0 Å². The lowest BCUT2D eigenvalue weighted by atomic mass is 10.1. The molecule has 1 atom stereocenters. The fourth-order valence-corrected chi connectivity index (χ4v) is 2.86. The Kier molecular flexibility index (Phi) is 3.56. The van der Waals surface area contributed by atoms with Gasteiger partial charge in [0, 0.05) is 18.6 Å². The van der Waals surface area contributed by atoms with E-state index in [0.29, 0.717) is 18.6 Å². The average molecular weight is 210 g/mol. The molecule has 3 N–H and O–H groups in total. The summed E-state index contributed by atoms with van der Waals surface area (Å²) in [4.78, 5) is 0. The number of hydrogen-bond donors (Lipinski definition) is 2. The van der Waals surface area contributed by atoms with Gasteiger partial charge >= 0.3 is 0 Å². The molecule has 2 nitrogen and oxygen atoms in total. The lowest BCUT2D eigenvalue weighted by molar-refractivity contribution is 0.445. The van der Waals surface area contributed by atoms with E-state index in [1.165, 1.54) is 31.2 Å². The van der Waals surface area contributed by atoms with Crippen molar-refractivity contribution >= 4 is 11.3 Å². The molecule has 1 heterocycles. The van der Waals surface area contributed by atoms with Crippen molar-refractivity contribution in [2.45, 2.75) is 37.8 Å². The highest BCUT2D eigenvalue weighted by Gasteiger charge is 2.19. The van der Waals surface area contributed by atoms with Gasteiger partial charge in [0.25, 0.3) is 0 Å². The average Bonchev–Trinajstić information content (AvgIpc) is 2.86. The molecule has 1 aromatic heterocycles. The van der Waals surface area contributed by atoms with E-state index in [4.69, 9.17) is 5.73 Å². The molecular weight excluding hydrogens is 192 g/mol. The first kappa shape index (κ1) is 10.1. The number of hydrogen-bond acceptors (Lipinski definition) is 3. The third-order valence-electron chi connectivity index (χ3n) is 2.97. The zero-order chi connectivity index (χ0) is 9.80. The first-order chi connectivity index (χ1) is 6.90. The lowest BCUT2D eigenvalue weighted by Gasteiger charge is -2.20. The second-order valence-corrected chi connectivity index (χ2v) is 4.77. The highest BCUT2D eigenvalue weighted by molar-refractivity contribution is 7.07. The van der Waals surface area contributed by atoms with E-state index in [2.05, 4.69) is 22.1 Å². The van der Waals surface area contributed by atoms with Crippen molar-refractivity contribution in [1.82, 2.24) is 5.32 Å². The predicted molar refractivity (Wildman–Crippen MR) is 61.5 cm³/mol. The Balaban J connectivity index is 1.93. The van der Waals surface area contributed by atoms with Crippen LogP contribution in [-0.2, 0) is 0 Å². The van der Waals surface area contributed by atoms with Crippen LogP contribution in [0, 0.1) is 0 Å². The molecular formula is C11H18N2S. The summed E-state index contributed by atoms with van der Waals surface area (Å²) < 4.78 is 0. The lowest BCUT2D eigenvalue weighted by Crippen LogP contribution is -2.34. The van der Waals surface area contributed by atoms with Crippen molar-refractivity contribution in [1.29, 1.82) is 0 Å². The molecule has 78 valence electrons. The summed E-state index contributed by atoms with van der Waals surface area (Å²) in [6.45, 7) is 0.702. The number of rotatable bonds is 4. The molecule has 2 rings (SSSR count). The third-order valence-corrected chi connectivity index (χ3v) is 3.67. The van der Waals surface area contributed by atoms with Crippen molar-refractivity contribution in [3.05, 3.63) is 22.4 Å². The molecule has 1 unspecified atom stereocenters. The van der Waals surface area contributed by atoms with Gasteiger partial charge in [-0.1, -0.05) is 12.8 Å². The maximum Gasteiger partial charge on any atom is 0.0454 e. The van der Waals surface area contributed by atoms with Crippen LogP contribution in [0.15, 0.2) is 16.8 Å². The van der Waals surface area contributed by atoms with Gasteiger partial charge < -0.3 is 11.1 Å². The van der Waals surface area contributed by atoms with E-state index in [0.717, 1.165) is 0 Å². The van der Waals surface area contributed by atoms with Gasteiger partial charge in [-0.05, 0) is 35.2 Å². The highest BCUT2D eigenvalue weighted by Crippen LogP contribution is 2.22. The summed E-state index contributed by atoms with van der Waals surface area (Å²) in [5.74, 6) is 0. The van der Waals surface area contributed by atoms with Crippen molar-refractivity contribution in [2.24, 2.45) is 5.73 Å². The Bertz CT molecular complexity index is 252. The zero-order valence-corrected chi connectivity index (χ0v) is 9.22. The molecule has 1 aromatic rings. The van der Waals surface area contributed by atoms with Crippen LogP contribution in [0.4, 0.5) is 0 Å². The van der Waals surface area contributed by atoms with Gasteiger partial charge in [0.15, 0.2) is 0 Å². The summed E-state index contributed by atoms with van der Waals surface area (Å²) in [5, 5.41) is 7.96. The summed E-state index contributed by atoms with van der Waals surface area (Å²) in [7, 11) is 0. The van der Waals surface area contributed by atoms with Crippen LogP contribution in [0.25, 0.3) is 0 Å². The van der Waals surface area contributed by atoms with Gasteiger partial charge in [-0.2, -0.15) is 11.3 Å². The minimum Gasteiger partial charge on any atom is -0.329 e. The molecule has 0 amide bonds. The SMILES string of the molecule is NCC(NC1CCCC1)c1ccsc1. The van der Waals surface area contributed by atoms with Crippen LogP contribution < -0.4 is 11.1 Å². The molecule has 0 saturated heterocycles. The third kappa shape index (κ3) is 2.35. The molecule has 0 aromatic carbocycles. The zero-order valence-electron chi connectivity index (χ0n) is 8.41. The van der Waals surface area contributed by atoms with E-state index >= 15 is 0 Å². The van der Waals surface area contributed by atoms with E-state index in [1.54, 1.807) is 11.3 Å². The minimum atomic E-state index is 0.365. The molecule has 1 saturated carbocycles. The van der Waals surface area contributed by atoms with Crippen LogP contribution >= 0.6 is 11.3 Å². The molecule has 1 fully saturated rings. The van der Waals surface area contributed by atoms with Crippen LogP contribution in [0.1, 0.15) is 37.3 Å². The van der Waals surface area contributed by atoms with Crippen LogP contribution in [-0.4, -0.2) is 12.6 Å². The molecule has 14 heavy (non-hydrogen) atoms. The molecule has 0 bridgehead atoms. The monoisotopic (exact) mass is 210 g/mol. The summed E-state index contributed by atoms with van der Waals surface area (Å²) in [6.07, 6.45) is 5.39. The smallest absolute Gasteiger partial charge is 0.0454 e. The van der Waals surface area contributed by atoms with Gasteiger partial charge in [-0.25, -0.2) is 0 Å². The van der Waals surface area contributed by atoms with Crippen molar-refractivity contribution in [2.75, 3.05) is 6.54 Å². The van der Waals surface area contributed by atoms with Gasteiger partial charge in [0.2, 0.25) is 0 Å². The second kappa shape index (κ2) is 4.91. The van der Waals surface area contributed by atoms with E-state index in [-0.39, 0.29) is 0 Å². The fraction of sp³-hybridized carbons (Fsp3) is 0.636. The van der Waals surface area contributed by atoms with Crippen LogP contribution in [0.3, 0.4) is 0 Å². The normalized spacial score (nSPS) is 20.1. The quantitative estimate of drug-likeness (QED) is 0.800.